The minimum atomic E-state index is -0.437. The fourth-order valence-electron chi connectivity index (χ4n) is 2.52. The molecule has 3 rings (SSSR count). The average Bonchev–Trinajstić information content (AvgIpc) is 3.06. The molecule has 1 unspecified atom stereocenters. The average molecular weight is 461 g/mol. The van der Waals surface area contributed by atoms with Crippen molar-refractivity contribution in [1.29, 1.82) is 0 Å². The standard InChI is InChI=1S/C20H18BrFN4OS/c1-3-12-26-18(14-8-4-6-10-16(14)22)24-25-20(26)28-13(2)19(27)23-17-11-7-5-9-15(17)21/h3-11,13H,1,12H2,2H3,(H,23,27). The molecule has 0 aliphatic rings. The van der Waals surface area contributed by atoms with Crippen molar-refractivity contribution in [2.45, 2.75) is 23.9 Å². The molecule has 28 heavy (non-hydrogen) atoms. The van der Waals surface area contributed by atoms with Crippen LogP contribution in [0.25, 0.3) is 11.4 Å². The lowest BCUT2D eigenvalue weighted by atomic mass is 10.2. The highest BCUT2D eigenvalue weighted by molar-refractivity contribution is 9.10. The van der Waals surface area contributed by atoms with Crippen LogP contribution in [0.1, 0.15) is 6.92 Å². The summed E-state index contributed by atoms with van der Waals surface area (Å²) in [4.78, 5) is 12.6. The van der Waals surface area contributed by atoms with E-state index in [2.05, 4.69) is 38.0 Å². The summed E-state index contributed by atoms with van der Waals surface area (Å²) >= 11 is 4.67. The fraction of sp³-hybridized carbons (Fsp3) is 0.150. The van der Waals surface area contributed by atoms with Gasteiger partial charge in [0.2, 0.25) is 5.91 Å². The summed E-state index contributed by atoms with van der Waals surface area (Å²) in [6.07, 6.45) is 1.68. The van der Waals surface area contributed by atoms with Gasteiger partial charge in [0.25, 0.3) is 0 Å². The minimum absolute atomic E-state index is 0.169. The van der Waals surface area contributed by atoms with Crippen LogP contribution in [-0.2, 0) is 11.3 Å². The third-order valence-electron chi connectivity index (χ3n) is 3.93. The lowest BCUT2D eigenvalue weighted by Gasteiger charge is -2.13. The second-order valence-corrected chi connectivity index (χ2v) is 8.08. The van der Waals surface area contributed by atoms with E-state index in [-0.39, 0.29) is 11.7 Å². The third kappa shape index (κ3) is 4.51. The van der Waals surface area contributed by atoms with Gasteiger partial charge in [0.1, 0.15) is 5.82 Å². The molecule has 1 heterocycles. The summed E-state index contributed by atoms with van der Waals surface area (Å²) in [6.45, 7) is 5.93. The highest BCUT2D eigenvalue weighted by Crippen LogP contribution is 2.29. The van der Waals surface area contributed by atoms with Crippen LogP contribution in [0.3, 0.4) is 0 Å². The largest absolute Gasteiger partial charge is 0.324 e. The van der Waals surface area contributed by atoms with Gasteiger partial charge >= 0.3 is 0 Å². The Kier molecular flexibility index (Phi) is 6.64. The van der Waals surface area contributed by atoms with Crippen molar-refractivity contribution in [1.82, 2.24) is 14.8 Å². The van der Waals surface area contributed by atoms with Crippen LogP contribution in [0.4, 0.5) is 10.1 Å². The lowest BCUT2D eigenvalue weighted by molar-refractivity contribution is -0.115. The number of hydrogen-bond acceptors (Lipinski definition) is 4. The molecular weight excluding hydrogens is 443 g/mol. The molecule has 1 amide bonds. The molecule has 0 saturated carbocycles. The summed E-state index contributed by atoms with van der Waals surface area (Å²) in [5.74, 6) is -0.145. The SMILES string of the molecule is C=CCn1c(SC(C)C(=O)Nc2ccccc2Br)nnc1-c1ccccc1F. The van der Waals surface area contributed by atoms with Gasteiger partial charge in [-0.25, -0.2) is 4.39 Å². The Morgan fingerprint density at radius 3 is 2.71 bits per heavy atom. The summed E-state index contributed by atoms with van der Waals surface area (Å²) in [5, 5.41) is 11.3. The minimum Gasteiger partial charge on any atom is -0.324 e. The topological polar surface area (TPSA) is 59.8 Å². The van der Waals surface area contributed by atoms with Gasteiger partial charge in [0.05, 0.1) is 16.5 Å². The molecule has 0 bridgehead atoms. The molecule has 1 atom stereocenters. The molecule has 2 aromatic carbocycles. The van der Waals surface area contributed by atoms with E-state index in [1.807, 2.05) is 24.3 Å². The van der Waals surface area contributed by atoms with Crippen LogP contribution in [0, 0.1) is 5.82 Å². The predicted molar refractivity (Wildman–Crippen MR) is 114 cm³/mol. The van der Waals surface area contributed by atoms with Gasteiger partial charge < -0.3 is 5.32 Å². The van der Waals surface area contributed by atoms with Crippen molar-refractivity contribution in [2.24, 2.45) is 0 Å². The maximum Gasteiger partial charge on any atom is 0.237 e. The Balaban J connectivity index is 1.82. The van der Waals surface area contributed by atoms with E-state index in [0.717, 1.165) is 4.47 Å². The summed E-state index contributed by atoms with van der Waals surface area (Å²) in [7, 11) is 0. The Hall–Kier alpha value is -2.45. The van der Waals surface area contributed by atoms with Crippen molar-refractivity contribution >= 4 is 39.3 Å². The molecule has 8 heteroatoms. The monoisotopic (exact) mass is 460 g/mol. The number of allylic oxidation sites excluding steroid dienone is 1. The maximum atomic E-state index is 14.2. The summed E-state index contributed by atoms with van der Waals surface area (Å²) < 4.78 is 16.7. The number of carbonyl (C=O) groups is 1. The van der Waals surface area contributed by atoms with Crippen LogP contribution in [0.5, 0.6) is 0 Å². The molecule has 5 nitrogen and oxygen atoms in total. The van der Waals surface area contributed by atoms with Crippen LogP contribution in [-0.4, -0.2) is 25.9 Å². The zero-order valence-corrected chi connectivity index (χ0v) is 17.5. The molecule has 0 spiro atoms. The van der Waals surface area contributed by atoms with Crippen molar-refractivity contribution in [2.75, 3.05) is 5.32 Å². The first-order chi connectivity index (χ1) is 13.5. The predicted octanol–water partition coefficient (Wildman–Crippen LogP) is 5.15. The van der Waals surface area contributed by atoms with Gasteiger partial charge in [0, 0.05) is 11.0 Å². The first-order valence-corrected chi connectivity index (χ1v) is 10.2. The third-order valence-corrected chi connectivity index (χ3v) is 5.70. The number of thioether (sulfide) groups is 1. The highest BCUT2D eigenvalue weighted by Gasteiger charge is 2.22. The van der Waals surface area contributed by atoms with E-state index in [4.69, 9.17) is 0 Å². The second kappa shape index (κ2) is 9.16. The highest BCUT2D eigenvalue weighted by atomic mass is 79.9. The van der Waals surface area contributed by atoms with E-state index in [1.165, 1.54) is 17.8 Å². The number of para-hydroxylation sites is 1. The number of nitrogens with zero attached hydrogens (tertiary/aromatic N) is 3. The smallest absolute Gasteiger partial charge is 0.237 e. The van der Waals surface area contributed by atoms with Gasteiger partial charge in [0.15, 0.2) is 11.0 Å². The summed E-state index contributed by atoms with van der Waals surface area (Å²) in [6, 6.07) is 13.8. The van der Waals surface area contributed by atoms with E-state index < -0.39 is 5.25 Å². The Morgan fingerprint density at radius 2 is 2.00 bits per heavy atom. The Bertz CT molecular complexity index is 1010. The molecule has 1 N–H and O–H groups in total. The van der Waals surface area contributed by atoms with Crippen molar-refractivity contribution in [3.8, 4) is 11.4 Å². The second-order valence-electron chi connectivity index (χ2n) is 5.91. The molecule has 1 aromatic heterocycles. The fourth-order valence-corrected chi connectivity index (χ4v) is 3.76. The molecule has 144 valence electrons. The number of nitrogens with one attached hydrogen (secondary N) is 1. The van der Waals surface area contributed by atoms with Crippen LogP contribution in [0.15, 0.2) is 70.8 Å². The lowest BCUT2D eigenvalue weighted by Crippen LogP contribution is -2.23. The van der Waals surface area contributed by atoms with Gasteiger partial charge in [-0.2, -0.15) is 0 Å². The first kappa shape index (κ1) is 20.3. The van der Waals surface area contributed by atoms with E-state index in [1.54, 1.807) is 35.8 Å². The number of hydrogen-bond donors (Lipinski definition) is 1. The van der Waals surface area contributed by atoms with E-state index >= 15 is 0 Å². The zero-order valence-electron chi connectivity index (χ0n) is 15.1. The van der Waals surface area contributed by atoms with Crippen molar-refractivity contribution < 1.29 is 9.18 Å². The molecule has 0 radical (unpaired) electrons. The van der Waals surface area contributed by atoms with Crippen LogP contribution >= 0.6 is 27.7 Å². The number of anilines is 1. The molecule has 0 saturated heterocycles. The van der Waals surface area contributed by atoms with Gasteiger partial charge in [-0.1, -0.05) is 42.1 Å². The number of rotatable bonds is 7. The van der Waals surface area contributed by atoms with Crippen molar-refractivity contribution in [3.63, 3.8) is 0 Å². The normalized spacial score (nSPS) is 11.8. The van der Waals surface area contributed by atoms with Crippen LogP contribution < -0.4 is 5.32 Å². The van der Waals surface area contributed by atoms with Crippen molar-refractivity contribution in [3.05, 3.63) is 71.5 Å². The number of halogens is 2. The number of benzene rings is 2. The number of aromatic nitrogens is 3. The Labute approximate surface area is 175 Å². The van der Waals surface area contributed by atoms with Gasteiger partial charge in [-0.3, -0.25) is 9.36 Å². The number of carbonyl (C=O) groups excluding carboxylic acids is 1. The summed E-state index contributed by atoms with van der Waals surface area (Å²) in [5.41, 5.74) is 1.05. The van der Waals surface area contributed by atoms with E-state index in [0.29, 0.717) is 28.8 Å². The first-order valence-electron chi connectivity index (χ1n) is 8.52. The Morgan fingerprint density at radius 1 is 1.29 bits per heavy atom. The van der Waals surface area contributed by atoms with Gasteiger partial charge in [-0.05, 0) is 47.1 Å². The molecule has 0 aliphatic heterocycles. The number of amides is 1. The zero-order chi connectivity index (χ0) is 20.1. The molecular formula is C20H18BrFN4OS. The molecule has 3 aromatic rings. The maximum absolute atomic E-state index is 14.2. The molecule has 0 aliphatic carbocycles. The van der Waals surface area contributed by atoms with Gasteiger partial charge in [-0.15, -0.1) is 16.8 Å². The molecule has 0 fully saturated rings. The quantitative estimate of drug-likeness (QED) is 0.391. The van der Waals surface area contributed by atoms with Crippen LogP contribution in [0.2, 0.25) is 0 Å². The van der Waals surface area contributed by atoms with E-state index in [9.17, 15) is 9.18 Å².